The number of hydrogen-bond donors (Lipinski definition) is 1. The van der Waals surface area contributed by atoms with Gasteiger partial charge < -0.3 is 5.73 Å². The van der Waals surface area contributed by atoms with E-state index in [1.54, 1.807) is 16.8 Å². The molecule has 2 rings (SSSR count). The van der Waals surface area contributed by atoms with Crippen LogP contribution in [0, 0.1) is 0 Å². The number of rotatable bonds is 2. The maximum absolute atomic E-state index is 12.0. The molecule has 0 aliphatic rings. The van der Waals surface area contributed by atoms with E-state index in [1.165, 1.54) is 0 Å². The van der Waals surface area contributed by atoms with Gasteiger partial charge in [0.15, 0.2) is 0 Å². The zero-order valence-corrected chi connectivity index (χ0v) is 10.1. The average Bonchev–Trinajstić information content (AvgIpc) is 2.29. The third-order valence-corrected chi connectivity index (χ3v) is 2.83. The largest absolute Gasteiger partial charge is 0.326 e. The summed E-state index contributed by atoms with van der Waals surface area (Å²) in [6, 6.07) is 11.2. The third kappa shape index (κ3) is 2.08. The summed E-state index contributed by atoms with van der Waals surface area (Å²) in [6.45, 7) is 0.258. The fourth-order valence-corrected chi connectivity index (χ4v) is 1.91. The van der Waals surface area contributed by atoms with E-state index in [1.807, 2.05) is 30.3 Å². The Bertz CT molecular complexity index is 563. The van der Waals surface area contributed by atoms with Crippen LogP contribution in [0.15, 0.2) is 51.9 Å². The molecule has 0 spiro atoms. The molecule has 1 aromatic heterocycles. The molecule has 0 aliphatic carbocycles. The summed E-state index contributed by atoms with van der Waals surface area (Å²) in [7, 11) is 0. The van der Waals surface area contributed by atoms with Crippen LogP contribution in [0.4, 0.5) is 0 Å². The van der Waals surface area contributed by atoms with Crippen LogP contribution in [0.1, 0.15) is 5.56 Å². The number of hydrogen-bond acceptors (Lipinski definition) is 2. The molecule has 0 saturated carbocycles. The van der Waals surface area contributed by atoms with Crippen LogP contribution in [-0.2, 0) is 6.54 Å². The summed E-state index contributed by atoms with van der Waals surface area (Å²) in [5.41, 5.74) is 6.88. The molecule has 3 nitrogen and oxygen atoms in total. The summed E-state index contributed by atoms with van der Waals surface area (Å²) in [6.07, 6.45) is 1.74. The van der Waals surface area contributed by atoms with E-state index in [9.17, 15) is 4.79 Å². The molecule has 4 heteroatoms. The van der Waals surface area contributed by atoms with Crippen molar-refractivity contribution in [1.29, 1.82) is 0 Å². The first kappa shape index (κ1) is 11.1. The van der Waals surface area contributed by atoms with Gasteiger partial charge in [-0.3, -0.25) is 9.36 Å². The Kier molecular flexibility index (Phi) is 3.22. The van der Waals surface area contributed by atoms with Crippen LogP contribution in [0.5, 0.6) is 0 Å². The quantitative estimate of drug-likeness (QED) is 0.914. The molecule has 1 aromatic carbocycles. The predicted octanol–water partition coefficient (Wildman–Crippen LogP) is 2.06. The van der Waals surface area contributed by atoms with Gasteiger partial charge in [0.1, 0.15) is 0 Å². The van der Waals surface area contributed by atoms with Crippen molar-refractivity contribution in [2.45, 2.75) is 6.54 Å². The minimum atomic E-state index is -0.0666. The molecule has 0 aliphatic heterocycles. The molecule has 0 radical (unpaired) electrons. The lowest BCUT2D eigenvalue weighted by atomic mass is 10.2. The lowest BCUT2D eigenvalue weighted by molar-refractivity contribution is 0.924. The summed E-state index contributed by atoms with van der Waals surface area (Å²) in [5, 5.41) is 0. The Labute approximate surface area is 102 Å². The Morgan fingerprint density at radius 2 is 2.06 bits per heavy atom. The van der Waals surface area contributed by atoms with E-state index < -0.39 is 0 Å². The predicted molar refractivity (Wildman–Crippen MR) is 67.6 cm³/mol. The smallest absolute Gasteiger partial charge is 0.259 e. The second-order valence-electron chi connectivity index (χ2n) is 3.39. The fourth-order valence-electron chi connectivity index (χ4n) is 1.52. The van der Waals surface area contributed by atoms with Gasteiger partial charge in [0.25, 0.3) is 5.56 Å². The lowest BCUT2D eigenvalue weighted by Gasteiger charge is -2.07. The molecule has 0 atom stereocenters. The van der Waals surface area contributed by atoms with Crippen molar-refractivity contribution in [3.63, 3.8) is 0 Å². The van der Waals surface area contributed by atoms with Crippen LogP contribution in [0.2, 0.25) is 0 Å². The van der Waals surface area contributed by atoms with Crippen molar-refractivity contribution in [2.24, 2.45) is 5.73 Å². The van der Waals surface area contributed by atoms with Gasteiger partial charge in [-0.15, -0.1) is 0 Å². The van der Waals surface area contributed by atoms with E-state index in [0.29, 0.717) is 5.56 Å². The van der Waals surface area contributed by atoms with E-state index in [2.05, 4.69) is 15.9 Å². The van der Waals surface area contributed by atoms with Crippen LogP contribution in [0.25, 0.3) is 5.69 Å². The van der Waals surface area contributed by atoms with Crippen molar-refractivity contribution in [3.8, 4) is 5.69 Å². The van der Waals surface area contributed by atoms with Crippen LogP contribution in [0.3, 0.4) is 0 Å². The molecule has 0 bridgehead atoms. The van der Waals surface area contributed by atoms with Crippen molar-refractivity contribution >= 4 is 15.9 Å². The molecule has 0 amide bonds. The van der Waals surface area contributed by atoms with Crippen molar-refractivity contribution < 1.29 is 0 Å². The van der Waals surface area contributed by atoms with Gasteiger partial charge in [-0.2, -0.15) is 0 Å². The first-order chi connectivity index (χ1) is 7.72. The summed E-state index contributed by atoms with van der Waals surface area (Å²) in [4.78, 5) is 12.0. The van der Waals surface area contributed by atoms with Crippen LogP contribution in [-0.4, -0.2) is 4.57 Å². The van der Waals surface area contributed by atoms with Gasteiger partial charge >= 0.3 is 0 Å². The van der Waals surface area contributed by atoms with Gasteiger partial charge in [0.05, 0.1) is 0 Å². The highest BCUT2D eigenvalue weighted by Crippen LogP contribution is 2.14. The van der Waals surface area contributed by atoms with Crippen molar-refractivity contribution in [2.75, 3.05) is 0 Å². The highest BCUT2D eigenvalue weighted by Gasteiger charge is 2.03. The van der Waals surface area contributed by atoms with E-state index in [-0.39, 0.29) is 12.1 Å². The molecule has 0 unspecified atom stereocenters. The third-order valence-electron chi connectivity index (χ3n) is 2.33. The Hall–Kier alpha value is -1.39. The van der Waals surface area contributed by atoms with Gasteiger partial charge in [-0.25, -0.2) is 0 Å². The van der Waals surface area contributed by atoms with Crippen molar-refractivity contribution in [3.05, 3.63) is 63.0 Å². The maximum Gasteiger partial charge on any atom is 0.259 e. The first-order valence-electron chi connectivity index (χ1n) is 4.89. The number of nitrogens with two attached hydrogens (primary N) is 1. The number of pyridine rings is 1. The van der Waals surface area contributed by atoms with Gasteiger partial charge in [0.2, 0.25) is 0 Å². The minimum Gasteiger partial charge on any atom is -0.326 e. The first-order valence-corrected chi connectivity index (χ1v) is 5.68. The number of aromatic nitrogens is 1. The van der Waals surface area contributed by atoms with E-state index in [0.717, 1.165) is 10.2 Å². The topological polar surface area (TPSA) is 48.0 Å². The van der Waals surface area contributed by atoms with E-state index in [4.69, 9.17) is 5.73 Å². The highest BCUT2D eigenvalue weighted by atomic mass is 79.9. The zero-order chi connectivity index (χ0) is 11.5. The average molecular weight is 279 g/mol. The standard InChI is InChI=1S/C12H11BrN2O/c13-10-4-1-5-11(7-10)15-6-2-3-9(8-14)12(15)16/h1-7H,8,14H2. The number of halogens is 1. The fraction of sp³-hybridized carbons (Fsp3) is 0.0833. The molecule has 2 N–H and O–H groups in total. The van der Waals surface area contributed by atoms with Gasteiger partial charge in [-0.05, 0) is 24.3 Å². The summed E-state index contributed by atoms with van der Waals surface area (Å²) in [5.74, 6) is 0. The molecular weight excluding hydrogens is 268 g/mol. The molecular formula is C12H11BrN2O. The normalized spacial score (nSPS) is 10.4. The lowest BCUT2D eigenvalue weighted by Crippen LogP contribution is -2.23. The number of benzene rings is 1. The molecule has 1 heterocycles. The van der Waals surface area contributed by atoms with Crippen molar-refractivity contribution in [1.82, 2.24) is 4.57 Å². The SMILES string of the molecule is NCc1cccn(-c2cccc(Br)c2)c1=O. The van der Waals surface area contributed by atoms with Gasteiger partial charge in [0, 0.05) is 28.5 Å². The monoisotopic (exact) mass is 278 g/mol. The molecule has 0 fully saturated rings. The molecule has 82 valence electrons. The second kappa shape index (κ2) is 4.63. The zero-order valence-electron chi connectivity index (χ0n) is 8.56. The number of nitrogens with zero attached hydrogens (tertiary/aromatic N) is 1. The Morgan fingerprint density at radius 3 is 2.75 bits per heavy atom. The van der Waals surface area contributed by atoms with E-state index >= 15 is 0 Å². The Morgan fingerprint density at radius 1 is 1.25 bits per heavy atom. The summed E-state index contributed by atoms with van der Waals surface area (Å²) >= 11 is 3.38. The second-order valence-corrected chi connectivity index (χ2v) is 4.31. The van der Waals surface area contributed by atoms with Crippen LogP contribution >= 0.6 is 15.9 Å². The minimum absolute atomic E-state index is 0.0666. The molecule has 16 heavy (non-hydrogen) atoms. The maximum atomic E-state index is 12.0. The highest BCUT2D eigenvalue weighted by molar-refractivity contribution is 9.10. The molecule has 0 saturated heterocycles. The molecule has 2 aromatic rings. The van der Waals surface area contributed by atoms with Gasteiger partial charge in [-0.1, -0.05) is 28.1 Å². The Balaban J connectivity index is 2.61. The summed E-state index contributed by atoms with van der Waals surface area (Å²) < 4.78 is 2.53. The van der Waals surface area contributed by atoms with Crippen LogP contribution < -0.4 is 11.3 Å².